The zero-order chi connectivity index (χ0) is 10.9. The summed E-state index contributed by atoms with van der Waals surface area (Å²) in [6.07, 6.45) is 0.301. The molecule has 0 spiro atoms. The van der Waals surface area contributed by atoms with Gasteiger partial charge in [-0.05, 0) is 18.5 Å². The van der Waals surface area contributed by atoms with Gasteiger partial charge >= 0.3 is 0 Å². The van der Waals surface area contributed by atoms with Gasteiger partial charge in [0.15, 0.2) is 0 Å². The maximum Gasteiger partial charge on any atom is 0.0626 e. The number of benzene rings is 1. The average Bonchev–Trinajstić information content (AvgIpc) is 2.19. The van der Waals surface area contributed by atoms with E-state index in [1.54, 1.807) is 0 Å². The highest BCUT2D eigenvalue weighted by atomic mass is 35.5. The van der Waals surface area contributed by atoms with Crippen molar-refractivity contribution in [1.82, 2.24) is 0 Å². The molecule has 1 aromatic carbocycles. The Kier molecular flexibility index (Phi) is 1.97. The minimum Gasteiger partial charge on any atom is -0.330 e. The molecule has 0 heterocycles. The van der Waals surface area contributed by atoms with Crippen molar-refractivity contribution >= 4 is 12.4 Å². The van der Waals surface area contributed by atoms with Gasteiger partial charge < -0.3 is 5.73 Å². The van der Waals surface area contributed by atoms with Gasteiger partial charge in [-0.3, -0.25) is 0 Å². The minimum absolute atomic E-state index is 0. The second-order valence-corrected chi connectivity index (χ2v) is 1.64. The molecule has 56 valence electrons. The highest BCUT2D eigenvalue weighted by molar-refractivity contribution is 5.85. The van der Waals surface area contributed by atoms with E-state index in [2.05, 4.69) is 0 Å². The van der Waals surface area contributed by atoms with Gasteiger partial charge in [0, 0.05) is 0 Å². The van der Waals surface area contributed by atoms with Crippen molar-refractivity contribution in [2.24, 2.45) is 5.73 Å². The van der Waals surface area contributed by atoms with Crippen molar-refractivity contribution in [3.63, 3.8) is 0 Å². The minimum atomic E-state index is -0.360. The van der Waals surface area contributed by atoms with Crippen LogP contribution in [0.3, 0.4) is 0 Å². The molecule has 0 aliphatic carbocycles. The summed E-state index contributed by atoms with van der Waals surface area (Å²) in [5.74, 6) is 0. The van der Waals surface area contributed by atoms with E-state index in [0.717, 1.165) is 0 Å². The fourth-order valence-electron chi connectivity index (χ4n) is 0.545. The number of halogens is 1. The molecule has 0 radical (unpaired) electrons. The average molecular weight is 163 g/mol. The van der Waals surface area contributed by atoms with Crippen LogP contribution in [0.4, 0.5) is 0 Å². The fraction of sp³-hybridized carbons (Fsp3) is 0.250. The third kappa shape index (κ3) is 2.85. The van der Waals surface area contributed by atoms with Gasteiger partial charge in [-0.2, -0.15) is 0 Å². The molecule has 10 heavy (non-hydrogen) atoms. The predicted octanol–water partition coefficient (Wildman–Crippen LogP) is 1.61. The Morgan fingerprint density at radius 1 is 1.30 bits per heavy atom. The van der Waals surface area contributed by atoms with Gasteiger partial charge in [0.05, 0.1) is 6.85 Å². The summed E-state index contributed by atoms with van der Waals surface area (Å²) in [6.45, 7) is 0.272. The number of nitrogens with two attached hydrogens (primary N) is 1. The summed E-state index contributed by atoms with van der Waals surface area (Å²) in [5, 5.41) is 0. The molecule has 1 aromatic rings. The number of hydrogen-bond donors (Lipinski definition) is 1. The van der Waals surface area contributed by atoms with E-state index >= 15 is 0 Å². The lowest BCUT2D eigenvalue weighted by atomic mass is 10.2. The topological polar surface area (TPSA) is 26.0 Å². The van der Waals surface area contributed by atoms with Crippen molar-refractivity contribution in [1.29, 1.82) is 0 Å². The summed E-state index contributed by atoms with van der Waals surface area (Å²) >= 11 is 0. The largest absolute Gasteiger partial charge is 0.330 e. The maximum atomic E-state index is 7.51. The first-order valence-electron chi connectivity index (χ1n) is 5.26. The molecule has 0 bridgehead atoms. The van der Waals surface area contributed by atoms with Crippen molar-refractivity contribution in [2.45, 2.75) is 6.42 Å². The first-order valence-corrected chi connectivity index (χ1v) is 2.76. The van der Waals surface area contributed by atoms with E-state index < -0.39 is 0 Å². The van der Waals surface area contributed by atoms with E-state index in [-0.39, 0.29) is 49.2 Å². The van der Waals surface area contributed by atoms with Gasteiger partial charge in [-0.1, -0.05) is 30.2 Å². The zero-order valence-electron chi connectivity index (χ0n) is 10.4. The second-order valence-electron chi connectivity index (χ2n) is 1.64. The molecule has 0 atom stereocenters. The van der Waals surface area contributed by atoms with Crippen LogP contribution in [0.5, 0.6) is 0 Å². The van der Waals surface area contributed by atoms with Gasteiger partial charge in [-0.15, -0.1) is 12.4 Å². The Morgan fingerprint density at radius 3 is 2.40 bits per heavy atom. The van der Waals surface area contributed by atoms with Crippen LogP contribution in [-0.2, 0) is 6.42 Å². The molecule has 0 aliphatic rings. The van der Waals surface area contributed by atoms with Gasteiger partial charge in [0.25, 0.3) is 0 Å². The Morgan fingerprint density at radius 2 is 1.90 bits per heavy atom. The fourth-order valence-corrected chi connectivity index (χ4v) is 0.545. The third-order valence-electron chi connectivity index (χ3n) is 0.946. The van der Waals surface area contributed by atoms with Crippen molar-refractivity contribution < 1.29 is 6.85 Å². The first kappa shape index (κ1) is 3.74. The maximum absolute atomic E-state index is 7.51. The zero-order valence-corrected chi connectivity index (χ0v) is 6.22. The summed E-state index contributed by atoms with van der Waals surface area (Å²) < 4.78 is 37.1. The Labute approximate surface area is 74.7 Å². The molecule has 0 saturated carbocycles. The molecule has 0 amide bonds. The lowest BCUT2D eigenvalue weighted by molar-refractivity contribution is 0.969. The Bertz CT molecular complexity index is 340. The van der Waals surface area contributed by atoms with E-state index in [0.29, 0.717) is 12.0 Å². The Balaban J connectivity index is 0.00000196. The van der Waals surface area contributed by atoms with Crippen LogP contribution < -0.4 is 5.73 Å². The molecular formula is C8H12ClN. The molecule has 2 heteroatoms. The smallest absolute Gasteiger partial charge is 0.0626 e. The highest BCUT2D eigenvalue weighted by Crippen LogP contribution is 1.96. The molecule has 0 fully saturated rings. The van der Waals surface area contributed by atoms with Crippen LogP contribution in [0, 0.1) is 0 Å². The summed E-state index contributed by atoms with van der Waals surface area (Å²) in [5.41, 5.74) is 5.59. The van der Waals surface area contributed by atoms with E-state index in [1.807, 2.05) is 0 Å². The lowest BCUT2D eigenvalue weighted by Crippen LogP contribution is -2.01. The number of rotatable bonds is 2. The third-order valence-corrected chi connectivity index (χ3v) is 0.946. The van der Waals surface area contributed by atoms with Crippen LogP contribution in [0.1, 0.15) is 12.4 Å². The SMILES string of the molecule is Cl.[2H]c1c([2H])c([2H])c(CCN)c([2H])c1[2H]. The Hall–Kier alpha value is -0.530. The normalized spacial score (nSPS) is 15.5. The van der Waals surface area contributed by atoms with Gasteiger partial charge in [0.1, 0.15) is 0 Å². The van der Waals surface area contributed by atoms with Gasteiger partial charge in [0.2, 0.25) is 0 Å². The van der Waals surface area contributed by atoms with Crippen molar-refractivity contribution in [2.75, 3.05) is 6.54 Å². The van der Waals surface area contributed by atoms with Crippen molar-refractivity contribution in [3.05, 3.63) is 35.8 Å². The molecule has 0 saturated heterocycles. The predicted molar refractivity (Wildman–Crippen MR) is 46.4 cm³/mol. The van der Waals surface area contributed by atoms with Crippen LogP contribution >= 0.6 is 12.4 Å². The molecular weight excluding hydrogens is 146 g/mol. The van der Waals surface area contributed by atoms with E-state index in [1.165, 1.54) is 0 Å². The number of hydrogen-bond acceptors (Lipinski definition) is 1. The summed E-state index contributed by atoms with van der Waals surface area (Å²) in [7, 11) is 0. The first-order chi connectivity index (χ1) is 6.50. The quantitative estimate of drug-likeness (QED) is 0.703. The van der Waals surface area contributed by atoms with Crippen LogP contribution in [-0.4, -0.2) is 6.54 Å². The van der Waals surface area contributed by atoms with E-state index in [9.17, 15) is 0 Å². The monoisotopic (exact) mass is 162 g/mol. The summed E-state index contributed by atoms with van der Waals surface area (Å²) in [4.78, 5) is 0. The lowest BCUT2D eigenvalue weighted by Gasteiger charge is -1.93. The molecule has 0 aromatic heterocycles. The van der Waals surface area contributed by atoms with Crippen molar-refractivity contribution in [3.8, 4) is 0 Å². The molecule has 1 nitrogen and oxygen atoms in total. The molecule has 0 unspecified atom stereocenters. The summed E-state index contributed by atoms with van der Waals surface area (Å²) in [6, 6.07) is -1.26. The molecule has 1 rings (SSSR count). The van der Waals surface area contributed by atoms with E-state index in [4.69, 9.17) is 12.6 Å². The van der Waals surface area contributed by atoms with Crippen LogP contribution in [0.15, 0.2) is 30.2 Å². The van der Waals surface area contributed by atoms with Crippen LogP contribution in [0.25, 0.3) is 0 Å². The van der Waals surface area contributed by atoms with Crippen LogP contribution in [0.2, 0.25) is 0 Å². The highest BCUT2D eigenvalue weighted by Gasteiger charge is 1.84. The second kappa shape index (κ2) is 5.27. The molecule has 0 aliphatic heterocycles. The molecule has 2 N–H and O–H groups in total. The van der Waals surface area contributed by atoms with Gasteiger partial charge in [-0.25, -0.2) is 0 Å². The standard InChI is InChI=1S/C8H11N.ClH/c9-7-6-8-4-2-1-3-5-8;/h1-5H,6-7,9H2;1H/i1D,2D,3D,4D,5D;.